The predicted molar refractivity (Wildman–Crippen MR) is 93.2 cm³/mol. The SMILES string of the molecule is Cc1cc(=O)n2nc(NCC(c3ccccc3)N(C)C)sc2n1. The van der Waals surface area contributed by atoms with Crippen molar-refractivity contribution in [1.82, 2.24) is 19.5 Å². The maximum atomic E-state index is 11.9. The Labute approximate surface area is 138 Å². The second-order valence-corrected chi connectivity index (χ2v) is 6.56. The lowest BCUT2D eigenvalue weighted by Crippen LogP contribution is -2.26. The number of benzene rings is 1. The number of nitrogens with zero attached hydrogens (tertiary/aromatic N) is 4. The summed E-state index contributed by atoms with van der Waals surface area (Å²) >= 11 is 1.39. The van der Waals surface area contributed by atoms with Gasteiger partial charge in [-0.2, -0.15) is 4.52 Å². The number of rotatable bonds is 5. The summed E-state index contributed by atoms with van der Waals surface area (Å²) in [5, 5.41) is 8.33. The summed E-state index contributed by atoms with van der Waals surface area (Å²) in [6.45, 7) is 2.51. The average molecular weight is 329 g/mol. The molecular weight excluding hydrogens is 310 g/mol. The van der Waals surface area contributed by atoms with Crippen molar-refractivity contribution < 1.29 is 0 Å². The van der Waals surface area contributed by atoms with Gasteiger partial charge in [0.25, 0.3) is 5.56 Å². The molecule has 6 nitrogen and oxygen atoms in total. The number of aryl methyl sites for hydroxylation is 1. The van der Waals surface area contributed by atoms with Gasteiger partial charge in [0, 0.05) is 18.3 Å². The lowest BCUT2D eigenvalue weighted by atomic mass is 10.1. The van der Waals surface area contributed by atoms with Crippen molar-refractivity contribution in [2.45, 2.75) is 13.0 Å². The third-order valence-corrected chi connectivity index (χ3v) is 4.49. The van der Waals surface area contributed by atoms with Gasteiger partial charge in [-0.1, -0.05) is 41.7 Å². The summed E-state index contributed by atoms with van der Waals surface area (Å²) in [7, 11) is 4.10. The Morgan fingerprint density at radius 2 is 2.04 bits per heavy atom. The van der Waals surface area contributed by atoms with Crippen LogP contribution in [0.1, 0.15) is 17.3 Å². The largest absolute Gasteiger partial charge is 0.358 e. The molecule has 1 unspecified atom stereocenters. The van der Waals surface area contributed by atoms with Crippen molar-refractivity contribution in [3.05, 3.63) is 58.0 Å². The topological polar surface area (TPSA) is 62.5 Å². The second kappa shape index (κ2) is 6.47. The predicted octanol–water partition coefficient (Wildman–Crippen LogP) is 2.17. The summed E-state index contributed by atoms with van der Waals surface area (Å²) in [6, 6.07) is 12.0. The van der Waals surface area contributed by atoms with E-state index in [4.69, 9.17) is 0 Å². The monoisotopic (exact) mass is 329 g/mol. The first-order chi connectivity index (χ1) is 11.0. The molecule has 3 aromatic rings. The van der Waals surface area contributed by atoms with Crippen LogP contribution in [0.5, 0.6) is 0 Å². The Hall–Kier alpha value is -2.25. The molecule has 120 valence electrons. The molecule has 3 rings (SSSR count). The first kappa shape index (κ1) is 15.6. The minimum Gasteiger partial charge on any atom is -0.358 e. The molecule has 0 fully saturated rings. The van der Waals surface area contributed by atoms with E-state index in [0.717, 1.165) is 0 Å². The fourth-order valence-electron chi connectivity index (χ4n) is 2.45. The molecule has 0 bridgehead atoms. The minimum atomic E-state index is -0.149. The van der Waals surface area contributed by atoms with Crippen molar-refractivity contribution in [3.63, 3.8) is 0 Å². The number of nitrogens with one attached hydrogen (secondary N) is 1. The van der Waals surface area contributed by atoms with Gasteiger partial charge in [0.1, 0.15) is 0 Å². The van der Waals surface area contributed by atoms with Gasteiger partial charge in [-0.25, -0.2) is 4.98 Å². The Balaban J connectivity index is 1.81. The lowest BCUT2D eigenvalue weighted by molar-refractivity contribution is 0.312. The molecule has 0 aliphatic rings. The van der Waals surface area contributed by atoms with Crippen LogP contribution in [0.3, 0.4) is 0 Å². The first-order valence-corrected chi connectivity index (χ1v) is 8.19. The van der Waals surface area contributed by atoms with E-state index in [1.165, 1.54) is 27.5 Å². The van der Waals surface area contributed by atoms with Crippen LogP contribution >= 0.6 is 11.3 Å². The van der Waals surface area contributed by atoms with Crippen molar-refractivity contribution in [1.29, 1.82) is 0 Å². The smallest absolute Gasteiger partial charge is 0.275 e. The molecule has 0 aliphatic heterocycles. The Kier molecular flexibility index (Phi) is 4.40. The molecule has 23 heavy (non-hydrogen) atoms. The van der Waals surface area contributed by atoms with Crippen LogP contribution in [0, 0.1) is 6.92 Å². The highest BCUT2D eigenvalue weighted by Gasteiger charge is 2.15. The van der Waals surface area contributed by atoms with E-state index in [-0.39, 0.29) is 11.6 Å². The summed E-state index contributed by atoms with van der Waals surface area (Å²) in [5.74, 6) is 0. The third-order valence-electron chi connectivity index (χ3n) is 3.63. The van der Waals surface area contributed by atoms with Crippen molar-refractivity contribution in [2.24, 2.45) is 0 Å². The zero-order valence-electron chi connectivity index (χ0n) is 13.4. The highest BCUT2D eigenvalue weighted by Crippen LogP contribution is 2.21. The van der Waals surface area contributed by atoms with E-state index in [0.29, 0.717) is 22.3 Å². The van der Waals surface area contributed by atoms with Crippen molar-refractivity contribution in [3.8, 4) is 0 Å². The van der Waals surface area contributed by atoms with Gasteiger partial charge >= 0.3 is 0 Å². The van der Waals surface area contributed by atoms with Crippen LogP contribution in [-0.4, -0.2) is 40.1 Å². The highest BCUT2D eigenvalue weighted by atomic mass is 32.1. The van der Waals surface area contributed by atoms with Crippen LogP contribution < -0.4 is 10.9 Å². The fraction of sp³-hybridized carbons (Fsp3) is 0.312. The number of aromatic nitrogens is 3. The number of anilines is 1. The molecule has 0 radical (unpaired) electrons. The normalized spacial score (nSPS) is 12.7. The summed E-state index contributed by atoms with van der Waals surface area (Å²) in [5.41, 5.74) is 1.79. The van der Waals surface area contributed by atoms with E-state index in [2.05, 4.69) is 32.4 Å². The molecule has 0 saturated carbocycles. The van der Waals surface area contributed by atoms with Gasteiger partial charge in [-0.15, -0.1) is 5.10 Å². The molecule has 7 heteroatoms. The molecule has 1 N–H and O–H groups in total. The molecule has 1 aromatic carbocycles. The molecule has 0 amide bonds. The lowest BCUT2D eigenvalue weighted by Gasteiger charge is -2.24. The Bertz CT molecular complexity index is 856. The van der Waals surface area contributed by atoms with Crippen LogP contribution in [0.25, 0.3) is 4.96 Å². The molecule has 2 heterocycles. The number of likely N-dealkylation sites (N-methyl/N-ethyl adjacent to an activating group) is 1. The fourth-order valence-corrected chi connectivity index (χ4v) is 3.31. The van der Waals surface area contributed by atoms with Gasteiger partial charge < -0.3 is 10.2 Å². The number of hydrogen-bond donors (Lipinski definition) is 1. The summed E-state index contributed by atoms with van der Waals surface area (Å²) in [4.78, 5) is 19.0. The van der Waals surface area contributed by atoms with Crippen LogP contribution in [0.2, 0.25) is 0 Å². The van der Waals surface area contributed by atoms with Gasteiger partial charge in [0.2, 0.25) is 10.1 Å². The molecule has 0 spiro atoms. The zero-order valence-corrected chi connectivity index (χ0v) is 14.2. The van der Waals surface area contributed by atoms with E-state index in [1.807, 2.05) is 39.2 Å². The van der Waals surface area contributed by atoms with E-state index in [1.54, 1.807) is 0 Å². The Morgan fingerprint density at radius 1 is 1.30 bits per heavy atom. The van der Waals surface area contributed by atoms with E-state index in [9.17, 15) is 4.79 Å². The molecule has 1 atom stereocenters. The Morgan fingerprint density at radius 3 is 2.74 bits per heavy atom. The average Bonchev–Trinajstić information content (AvgIpc) is 2.91. The minimum absolute atomic E-state index is 0.149. The molecule has 0 saturated heterocycles. The van der Waals surface area contributed by atoms with Gasteiger partial charge in [-0.05, 0) is 26.6 Å². The second-order valence-electron chi connectivity index (χ2n) is 5.61. The van der Waals surface area contributed by atoms with E-state index < -0.39 is 0 Å². The van der Waals surface area contributed by atoms with Crippen molar-refractivity contribution >= 4 is 21.4 Å². The summed E-state index contributed by atoms with van der Waals surface area (Å²) < 4.78 is 1.34. The molecular formula is C16H19N5OS. The van der Waals surface area contributed by atoms with Crippen LogP contribution in [0.4, 0.5) is 5.13 Å². The highest BCUT2D eigenvalue weighted by molar-refractivity contribution is 7.20. The maximum absolute atomic E-state index is 11.9. The first-order valence-electron chi connectivity index (χ1n) is 7.37. The quantitative estimate of drug-likeness (QED) is 0.777. The van der Waals surface area contributed by atoms with Crippen molar-refractivity contribution in [2.75, 3.05) is 26.0 Å². The molecule has 0 aliphatic carbocycles. The van der Waals surface area contributed by atoms with E-state index >= 15 is 0 Å². The standard InChI is InChI=1S/C16H19N5OS/c1-11-9-14(22)21-16(18-11)23-15(19-21)17-10-13(20(2)3)12-7-5-4-6-8-12/h4-9,13H,10H2,1-3H3,(H,17,19). The summed E-state index contributed by atoms with van der Waals surface area (Å²) in [6.07, 6.45) is 0. The van der Waals surface area contributed by atoms with Crippen LogP contribution in [0.15, 0.2) is 41.2 Å². The van der Waals surface area contributed by atoms with Gasteiger partial charge in [0.05, 0.1) is 6.04 Å². The number of hydrogen-bond acceptors (Lipinski definition) is 6. The molecule has 2 aromatic heterocycles. The third kappa shape index (κ3) is 3.40. The maximum Gasteiger partial charge on any atom is 0.275 e. The zero-order chi connectivity index (χ0) is 16.4. The van der Waals surface area contributed by atoms with Gasteiger partial charge in [0.15, 0.2) is 0 Å². The van der Waals surface area contributed by atoms with Gasteiger partial charge in [-0.3, -0.25) is 4.79 Å². The van der Waals surface area contributed by atoms with Crippen LogP contribution in [-0.2, 0) is 0 Å². The number of fused-ring (bicyclic) bond motifs is 1.